The number of anilines is 2. The predicted octanol–water partition coefficient (Wildman–Crippen LogP) is 1.76. The SMILES string of the molecule is Cc1ccc(NC(=O)C2CSC3(C)CCC(=O)N23)cc1NS(C)(=O)=O. The van der Waals surface area contributed by atoms with E-state index in [4.69, 9.17) is 0 Å². The van der Waals surface area contributed by atoms with Gasteiger partial charge in [0.1, 0.15) is 6.04 Å². The van der Waals surface area contributed by atoms with Crippen molar-refractivity contribution in [2.24, 2.45) is 0 Å². The highest BCUT2D eigenvalue weighted by Gasteiger charge is 2.52. The lowest BCUT2D eigenvalue weighted by molar-refractivity contribution is -0.135. The first-order chi connectivity index (χ1) is 11.6. The molecule has 0 radical (unpaired) electrons. The number of thioether (sulfide) groups is 1. The minimum atomic E-state index is -3.41. The van der Waals surface area contributed by atoms with Crippen molar-refractivity contribution in [3.05, 3.63) is 23.8 Å². The average molecular weight is 383 g/mol. The number of hydrogen-bond acceptors (Lipinski definition) is 5. The Morgan fingerprint density at radius 2 is 2.12 bits per heavy atom. The van der Waals surface area contributed by atoms with Gasteiger partial charge < -0.3 is 10.2 Å². The molecule has 2 fully saturated rings. The topological polar surface area (TPSA) is 95.6 Å². The van der Waals surface area contributed by atoms with Gasteiger partial charge >= 0.3 is 0 Å². The Kier molecular flexibility index (Phi) is 4.48. The van der Waals surface area contributed by atoms with E-state index in [9.17, 15) is 18.0 Å². The number of sulfonamides is 1. The van der Waals surface area contributed by atoms with Gasteiger partial charge in [-0.3, -0.25) is 14.3 Å². The standard InChI is InChI=1S/C16H21N3O4S2/c1-10-4-5-11(8-12(10)18-25(3,22)23)17-15(21)13-9-24-16(2)7-6-14(20)19(13)16/h4-5,8,13,18H,6-7,9H2,1-3H3,(H,17,21). The van der Waals surface area contributed by atoms with Crippen molar-refractivity contribution in [2.75, 3.05) is 22.0 Å². The van der Waals surface area contributed by atoms with Crippen LogP contribution in [0.4, 0.5) is 11.4 Å². The summed E-state index contributed by atoms with van der Waals surface area (Å²) in [6.07, 6.45) is 2.31. The Morgan fingerprint density at radius 3 is 2.80 bits per heavy atom. The second kappa shape index (κ2) is 6.21. The summed E-state index contributed by atoms with van der Waals surface area (Å²) in [6.45, 7) is 3.77. The van der Waals surface area contributed by atoms with Crippen molar-refractivity contribution < 1.29 is 18.0 Å². The fraction of sp³-hybridized carbons (Fsp3) is 0.500. The first-order valence-electron chi connectivity index (χ1n) is 7.94. The molecule has 0 aliphatic carbocycles. The third-order valence-electron chi connectivity index (χ3n) is 4.55. The summed E-state index contributed by atoms with van der Waals surface area (Å²) in [5, 5.41) is 2.81. The third kappa shape index (κ3) is 3.62. The Hall–Kier alpha value is -1.74. The lowest BCUT2D eigenvalue weighted by atomic mass is 10.1. The molecule has 0 spiro atoms. The van der Waals surface area contributed by atoms with Gasteiger partial charge in [0.25, 0.3) is 0 Å². The highest BCUT2D eigenvalue weighted by atomic mass is 32.2. The highest BCUT2D eigenvalue weighted by Crippen LogP contribution is 2.47. The Bertz CT molecular complexity index is 840. The smallest absolute Gasteiger partial charge is 0.248 e. The maximum atomic E-state index is 12.7. The zero-order chi connectivity index (χ0) is 18.4. The molecular formula is C16H21N3O4S2. The quantitative estimate of drug-likeness (QED) is 0.826. The number of carbonyl (C=O) groups is 2. The van der Waals surface area contributed by atoms with E-state index in [-0.39, 0.29) is 16.7 Å². The van der Waals surface area contributed by atoms with Crippen LogP contribution in [-0.4, -0.2) is 48.1 Å². The molecule has 2 aliphatic heterocycles. The number of aryl methyl sites for hydroxylation is 1. The largest absolute Gasteiger partial charge is 0.324 e. The van der Waals surface area contributed by atoms with E-state index >= 15 is 0 Å². The van der Waals surface area contributed by atoms with Gasteiger partial charge in [-0.2, -0.15) is 0 Å². The fourth-order valence-corrected chi connectivity index (χ4v) is 5.30. The van der Waals surface area contributed by atoms with E-state index in [1.54, 1.807) is 41.8 Å². The molecule has 1 aromatic carbocycles. The molecule has 0 saturated carbocycles. The third-order valence-corrected chi connectivity index (χ3v) is 6.64. The molecule has 2 unspecified atom stereocenters. The van der Waals surface area contributed by atoms with E-state index in [1.807, 2.05) is 6.92 Å². The van der Waals surface area contributed by atoms with E-state index in [0.29, 0.717) is 23.5 Å². The van der Waals surface area contributed by atoms with Crippen molar-refractivity contribution >= 4 is 45.0 Å². The second-order valence-electron chi connectivity index (χ2n) is 6.66. The average Bonchev–Trinajstić information content (AvgIpc) is 2.98. The molecule has 2 heterocycles. The molecule has 2 N–H and O–H groups in total. The molecule has 2 saturated heterocycles. The summed E-state index contributed by atoms with van der Waals surface area (Å²) in [5.41, 5.74) is 1.66. The van der Waals surface area contributed by atoms with Crippen molar-refractivity contribution in [3.8, 4) is 0 Å². The van der Waals surface area contributed by atoms with Crippen LogP contribution in [0.5, 0.6) is 0 Å². The molecule has 136 valence electrons. The van der Waals surface area contributed by atoms with Crippen LogP contribution in [0.15, 0.2) is 18.2 Å². The lowest BCUT2D eigenvalue weighted by Gasteiger charge is -2.29. The lowest BCUT2D eigenvalue weighted by Crippen LogP contribution is -2.48. The van der Waals surface area contributed by atoms with E-state index < -0.39 is 16.1 Å². The molecule has 2 atom stereocenters. The second-order valence-corrected chi connectivity index (χ2v) is 9.91. The molecule has 25 heavy (non-hydrogen) atoms. The first kappa shape index (κ1) is 18.1. The molecule has 2 aliphatic rings. The molecule has 7 nitrogen and oxygen atoms in total. The summed E-state index contributed by atoms with van der Waals surface area (Å²) in [7, 11) is -3.41. The van der Waals surface area contributed by atoms with Crippen LogP contribution in [0.25, 0.3) is 0 Å². The van der Waals surface area contributed by atoms with Gasteiger partial charge in [0.2, 0.25) is 21.8 Å². The Balaban J connectivity index is 1.78. The van der Waals surface area contributed by atoms with Gasteiger partial charge in [-0.25, -0.2) is 8.42 Å². The van der Waals surface area contributed by atoms with E-state index in [0.717, 1.165) is 18.2 Å². The van der Waals surface area contributed by atoms with Crippen molar-refractivity contribution in [2.45, 2.75) is 37.6 Å². The molecule has 2 amide bonds. The molecular weight excluding hydrogens is 362 g/mol. The van der Waals surface area contributed by atoms with Crippen molar-refractivity contribution in [1.82, 2.24) is 4.90 Å². The van der Waals surface area contributed by atoms with Gasteiger partial charge in [0.05, 0.1) is 16.8 Å². The first-order valence-corrected chi connectivity index (χ1v) is 10.8. The van der Waals surface area contributed by atoms with Crippen LogP contribution in [0.2, 0.25) is 0 Å². The van der Waals surface area contributed by atoms with Gasteiger partial charge in [-0.15, -0.1) is 11.8 Å². The Labute approximate surface area is 151 Å². The summed E-state index contributed by atoms with van der Waals surface area (Å²) >= 11 is 1.63. The highest BCUT2D eigenvalue weighted by molar-refractivity contribution is 8.01. The van der Waals surface area contributed by atoms with Crippen molar-refractivity contribution in [1.29, 1.82) is 0 Å². The molecule has 1 aromatic rings. The summed E-state index contributed by atoms with van der Waals surface area (Å²) in [4.78, 5) is 26.2. The number of hydrogen-bond donors (Lipinski definition) is 2. The van der Waals surface area contributed by atoms with Crippen LogP contribution < -0.4 is 10.0 Å². The monoisotopic (exact) mass is 383 g/mol. The number of carbonyl (C=O) groups excluding carboxylic acids is 2. The number of nitrogens with zero attached hydrogens (tertiary/aromatic N) is 1. The summed E-state index contributed by atoms with van der Waals surface area (Å²) < 4.78 is 25.3. The Morgan fingerprint density at radius 1 is 1.40 bits per heavy atom. The molecule has 9 heteroatoms. The van der Waals surface area contributed by atoms with Crippen LogP contribution >= 0.6 is 11.8 Å². The van der Waals surface area contributed by atoms with E-state index in [1.165, 1.54) is 0 Å². The predicted molar refractivity (Wildman–Crippen MR) is 99.0 cm³/mol. The van der Waals surface area contributed by atoms with Gasteiger partial charge in [0, 0.05) is 17.9 Å². The van der Waals surface area contributed by atoms with Gasteiger partial charge in [-0.1, -0.05) is 6.07 Å². The number of nitrogens with one attached hydrogen (secondary N) is 2. The summed E-state index contributed by atoms with van der Waals surface area (Å²) in [6, 6.07) is 4.53. The molecule has 0 aromatic heterocycles. The number of fused-ring (bicyclic) bond motifs is 1. The number of benzene rings is 1. The summed E-state index contributed by atoms with van der Waals surface area (Å²) in [5.74, 6) is 0.325. The van der Waals surface area contributed by atoms with Crippen LogP contribution in [0.1, 0.15) is 25.3 Å². The van der Waals surface area contributed by atoms with Crippen LogP contribution in [0, 0.1) is 6.92 Å². The zero-order valence-corrected chi connectivity index (χ0v) is 16.0. The van der Waals surface area contributed by atoms with Crippen LogP contribution in [-0.2, 0) is 19.6 Å². The number of rotatable bonds is 4. The van der Waals surface area contributed by atoms with Gasteiger partial charge in [-0.05, 0) is 38.0 Å². The fourth-order valence-electron chi connectivity index (χ4n) is 3.25. The minimum Gasteiger partial charge on any atom is -0.324 e. The van der Waals surface area contributed by atoms with Crippen LogP contribution in [0.3, 0.4) is 0 Å². The van der Waals surface area contributed by atoms with Crippen molar-refractivity contribution in [3.63, 3.8) is 0 Å². The normalized spacial score (nSPS) is 25.8. The molecule has 0 bridgehead atoms. The zero-order valence-electron chi connectivity index (χ0n) is 14.3. The van der Waals surface area contributed by atoms with Gasteiger partial charge in [0.15, 0.2) is 0 Å². The van der Waals surface area contributed by atoms with E-state index in [2.05, 4.69) is 10.0 Å². The number of amides is 2. The maximum Gasteiger partial charge on any atom is 0.248 e. The maximum absolute atomic E-state index is 12.7. The molecule has 3 rings (SSSR count). The minimum absolute atomic E-state index is 0.0102.